The van der Waals surface area contributed by atoms with Crippen LogP contribution in [0.1, 0.15) is 50.0 Å². The molecule has 0 aliphatic carbocycles. The molecule has 9 aromatic rings. The number of carbonyl (C=O) groups is 1. The van der Waals surface area contributed by atoms with Gasteiger partial charge in [0, 0.05) is 5.56 Å². The molecule has 0 saturated carbocycles. The molecule has 1 aliphatic rings. The number of hydrogen-bond acceptors (Lipinski definition) is 8. The summed E-state index contributed by atoms with van der Waals surface area (Å²) in [5, 5.41) is 15.9. The van der Waals surface area contributed by atoms with E-state index >= 15 is 0 Å². The molecule has 1 fully saturated rings. The van der Waals surface area contributed by atoms with Crippen molar-refractivity contribution in [2.45, 2.75) is 35.7 Å². The van der Waals surface area contributed by atoms with E-state index < -0.39 is 35.7 Å². The Bertz CT molecular complexity index is 2770. The Balaban J connectivity index is 1.11. The fourth-order valence-corrected chi connectivity index (χ4v) is 9.01. The zero-order chi connectivity index (χ0) is 44.1. The first-order valence-electron chi connectivity index (χ1n) is 21.6. The number of fused-ring (bicyclic) bond motifs is 1. The highest BCUT2D eigenvalue weighted by atomic mass is 16.6. The Hall–Kier alpha value is -7.60. The summed E-state index contributed by atoms with van der Waals surface area (Å²) in [7, 11) is 0. The summed E-state index contributed by atoms with van der Waals surface area (Å²) >= 11 is 0. The largest absolute Gasteiger partial charge is 0.387 e. The van der Waals surface area contributed by atoms with Crippen LogP contribution in [-0.2, 0) is 25.4 Å². The fraction of sp³-hybridized carbons (Fsp3) is 0.127. The molecular weight excluding hydrogens is 811 g/mol. The summed E-state index contributed by atoms with van der Waals surface area (Å²) in [6, 6.07) is 69.2. The summed E-state index contributed by atoms with van der Waals surface area (Å²) in [6.45, 7) is -0.0504. The van der Waals surface area contributed by atoms with Crippen LogP contribution >= 0.6 is 0 Å². The first-order chi connectivity index (χ1) is 32.1. The number of amides is 1. The Kier molecular flexibility index (Phi) is 11.6. The molecule has 2 aromatic heterocycles. The SMILES string of the molecule is O=C(Nc1ncnc2c1ncn2[C@@H]1O[C@H](COC(c2ccccc2)(c2ccccc2)c2ccccc2)[C@@H](O)[C@H]1OC(c1ccccc1)(c1ccccc1)c1ccccc1)c1ccccc1. The second-order valence-electron chi connectivity index (χ2n) is 15.9. The van der Waals surface area contributed by atoms with Gasteiger partial charge < -0.3 is 24.6 Å². The molecule has 0 radical (unpaired) electrons. The lowest BCUT2D eigenvalue weighted by Gasteiger charge is -2.40. The van der Waals surface area contributed by atoms with Crippen LogP contribution in [0.15, 0.2) is 225 Å². The van der Waals surface area contributed by atoms with E-state index in [9.17, 15) is 9.90 Å². The smallest absolute Gasteiger partial charge is 0.256 e. The first-order valence-corrected chi connectivity index (χ1v) is 21.6. The van der Waals surface area contributed by atoms with Crippen LogP contribution in [0.2, 0.25) is 0 Å². The van der Waals surface area contributed by atoms with Gasteiger partial charge in [-0.05, 0) is 45.5 Å². The molecule has 4 atom stereocenters. The van der Waals surface area contributed by atoms with Gasteiger partial charge in [-0.25, -0.2) is 15.0 Å². The van der Waals surface area contributed by atoms with Crippen molar-refractivity contribution in [3.63, 3.8) is 0 Å². The van der Waals surface area contributed by atoms with Crippen LogP contribution in [-0.4, -0.2) is 55.5 Å². The van der Waals surface area contributed by atoms with Crippen molar-refractivity contribution in [2.75, 3.05) is 11.9 Å². The van der Waals surface area contributed by atoms with Crippen molar-refractivity contribution >= 4 is 22.9 Å². The van der Waals surface area contributed by atoms with E-state index in [-0.39, 0.29) is 18.3 Å². The van der Waals surface area contributed by atoms with Crippen LogP contribution in [0.5, 0.6) is 0 Å². The molecule has 2 N–H and O–H groups in total. The van der Waals surface area contributed by atoms with Gasteiger partial charge >= 0.3 is 0 Å². The number of anilines is 1. The number of aliphatic hydroxyl groups excluding tert-OH is 1. The number of hydrogen-bond donors (Lipinski definition) is 2. The molecule has 0 bridgehead atoms. The summed E-state index contributed by atoms with van der Waals surface area (Å²) in [4.78, 5) is 27.2. The molecule has 10 heteroatoms. The van der Waals surface area contributed by atoms with Gasteiger partial charge in [-0.3, -0.25) is 9.36 Å². The Morgan fingerprint density at radius 1 is 0.569 bits per heavy atom. The predicted octanol–water partition coefficient (Wildman–Crippen LogP) is 9.72. The molecule has 320 valence electrons. The van der Waals surface area contributed by atoms with E-state index in [0.29, 0.717) is 16.7 Å². The number of carbonyl (C=O) groups excluding carboxylic acids is 1. The third-order valence-electron chi connectivity index (χ3n) is 12.1. The molecule has 10 rings (SSSR count). The van der Waals surface area contributed by atoms with Gasteiger partial charge in [-0.1, -0.05) is 200 Å². The van der Waals surface area contributed by atoms with Crippen LogP contribution in [0.25, 0.3) is 11.2 Å². The van der Waals surface area contributed by atoms with Crippen LogP contribution in [0, 0.1) is 0 Å². The number of nitrogens with one attached hydrogen (secondary N) is 1. The monoisotopic (exact) mass is 855 g/mol. The molecule has 10 nitrogen and oxygen atoms in total. The molecule has 1 amide bonds. The van der Waals surface area contributed by atoms with Crippen molar-refractivity contribution in [2.24, 2.45) is 0 Å². The molecule has 1 aliphatic heterocycles. The average molecular weight is 856 g/mol. The Morgan fingerprint density at radius 3 is 1.43 bits per heavy atom. The van der Waals surface area contributed by atoms with Gasteiger partial charge in [-0.15, -0.1) is 0 Å². The Morgan fingerprint density at radius 2 is 0.985 bits per heavy atom. The third-order valence-corrected chi connectivity index (χ3v) is 12.1. The maximum atomic E-state index is 13.4. The van der Waals surface area contributed by atoms with Gasteiger partial charge in [0.1, 0.15) is 35.8 Å². The highest BCUT2D eigenvalue weighted by Crippen LogP contribution is 2.47. The van der Waals surface area contributed by atoms with Gasteiger partial charge in [0.25, 0.3) is 5.91 Å². The second-order valence-corrected chi connectivity index (χ2v) is 15.9. The summed E-state index contributed by atoms with van der Waals surface area (Å²) in [5.41, 5.74) is 4.12. The van der Waals surface area contributed by atoms with Crippen molar-refractivity contribution in [3.8, 4) is 0 Å². The lowest BCUT2D eigenvalue weighted by Crippen LogP contribution is -2.45. The van der Waals surface area contributed by atoms with E-state index in [1.165, 1.54) is 6.33 Å². The third kappa shape index (κ3) is 7.79. The topological polar surface area (TPSA) is 121 Å². The van der Waals surface area contributed by atoms with Gasteiger partial charge in [0.05, 0.1) is 12.9 Å². The minimum absolute atomic E-state index is 0.0504. The van der Waals surface area contributed by atoms with Crippen LogP contribution in [0.4, 0.5) is 5.82 Å². The van der Waals surface area contributed by atoms with Crippen LogP contribution in [0.3, 0.4) is 0 Å². The lowest BCUT2D eigenvalue weighted by atomic mass is 9.79. The van der Waals surface area contributed by atoms with Crippen LogP contribution < -0.4 is 5.32 Å². The lowest BCUT2D eigenvalue weighted by molar-refractivity contribution is -0.122. The molecule has 7 aromatic carbocycles. The van der Waals surface area contributed by atoms with Crippen molar-refractivity contribution in [3.05, 3.63) is 264 Å². The molecule has 1 saturated heterocycles. The molecule has 0 unspecified atom stereocenters. The van der Waals surface area contributed by atoms with Gasteiger partial charge in [0.15, 0.2) is 23.2 Å². The number of aromatic nitrogens is 4. The van der Waals surface area contributed by atoms with E-state index in [1.807, 2.05) is 152 Å². The van der Waals surface area contributed by atoms with Crippen molar-refractivity contribution in [1.29, 1.82) is 0 Å². The predicted molar refractivity (Wildman–Crippen MR) is 249 cm³/mol. The minimum atomic E-state index is -1.26. The fourth-order valence-electron chi connectivity index (χ4n) is 9.01. The first kappa shape index (κ1) is 41.4. The number of nitrogens with zero attached hydrogens (tertiary/aromatic N) is 4. The number of aliphatic hydroxyl groups is 1. The van der Waals surface area contributed by atoms with Gasteiger partial charge in [0.2, 0.25) is 0 Å². The molecule has 3 heterocycles. The molecule has 65 heavy (non-hydrogen) atoms. The summed E-state index contributed by atoms with van der Waals surface area (Å²) in [6.07, 6.45) is -1.29. The van der Waals surface area contributed by atoms with E-state index in [1.54, 1.807) is 35.2 Å². The summed E-state index contributed by atoms with van der Waals surface area (Å²) in [5.74, 6) is -0.118. The molecular formula is C55H45N5O5. The normalized spacial score (nSPS) is 17.5. The Labute approximate surface area is 376 Å². The zero-order valence-corrected chi connectivity index (χ0v) is 35.2. The minimum Gasteiger partial charge on any atom is -0.387 e. The number of benzene rings is 7. The van der Waals surface area contributed by atoms with Gasteiger partial charge in [-0.2, -0.15) is 0 Å². The number of ether oxygens (including phenoxy) is 3. The molecule has 0 spiro atoms. The number of imidazole rings is 1. The average Bonchev–Trinajstić information content (AvgIpc) is 3.95. The van der Waals surface area contributed by atoms with Crippen molar-refractivity contribution in [1.82, 2.24) is 19.5 Å². The zero-order valence-electron chi connectivity index (χ0n) is 35.2. The van der Waals surface area contributed by atoms with Crippen molar-refractivity contribution < 1.29 is 24.1 Å². The summed E-state index contributed by atoms with van der Waals surface area (Å²) < 4.78 is 23.7. The standard InChI is InChI=1S/C55H45N5O5/c61-48-46(36-63-54(40-24-10-2-11-25-40,41-26-12-3-13-27-41)42-28-14-4-15-29-42)64-53(60-38-58-47-50(56-37-57-51(47)60)59-52(62)39-22-8-1-9-23-39)49(48)65-55(43-30-16-5-17-31-43,44-32-18-6-19-33-44)45-34-20-7-21-35-45/h1-35,37-38,46,48-49,53,61H,36H2,(H,56,57,59,62)/t46-,48-,49-,53-/m1/s1. The van der Waals surface area contributed by atoms with E-state index in [4.69, 9.17) is 19.2 Å². The van der Waals surface area contributed by atoms with E-state index in [0.717, 1.165) is 33.4 Å². The highest BCUT2D eigenvalue weighted by molar-refractivity contribution is 6.06. The highest BCUT2D eigenvalue weighted by Gasteiger charge is 2.52. The maximum absolute atomic E-state index is 13.4. The second kappa shape index (κ2) is 18.2. The maximum Gasteiger partial charge on any atom is 0.256 e. The van der Waals surface area contributed by atoms with E-state index in [2.05, 4.69) is 51.7 Å². The number of rotatable bonds is 14. The quantitative estimate of drug-likeness (QED) is 0.104.